The third-order valence-corrected chi connectivity index (χ3v) is 4.55. The summed E-state index contributed by atoms with van der Waals surface area (Å²) in [5.74, 6) is -0.733. The van der Waals surface area contributed by atoms with Crippen molar-refractivity contribution in [1.29, 1.82) is 0 Å². The summed E-state index contributed by atoms with van der Waals surface area (Å²) in [6.45, 7) is -0.481. The largest absolute Gasteiger partial charge is 0.394 e. The predicted octanol–water partition coefficient (Wildman–Crippen LogP) is -1.51. The number of fused-ring (bicyclic) bond motifs is 1. The molecule has 124 valence electrons. The van der Waals surface area contributed by atoms with Gasteiger partial charge in [0.25, 0.3) is 5.91 Å². The number of amides is 1. The van der Waals surface area contributed by atoms with Crippen molar-refractivity contribution in [3.05, 3.63) is 16.5 Å². The van der Waals surface area contributed by atoms with Gasteiger partial charge in [-0.3, -0.25) is 9.36 Å². The number of aromatic nitrogens is 3. The lowest BCUT2D eigenvalue weighted by Gasteiger charge is -2.18. The number of hydrogen-bond acceptors (Lipinski definition) is 8. The van der Waals surface area contributed by atoms with Crippen LogP contribution in [0.25, 0.3) is 11.0 Å². The van der Waals surface area contributed by atoms with Crippen molar-refractivity contribution in [3.63, 3.8) is 0 Å². The zero-order chi connectivity index (χ0) is 16.9. The van der Waals surface area contributed by atoms with Crippen LogP contribution in [0, 0.1) is 0 Å². The van der Waals surface area contributed by atoms with Crippen molar-refractivity contribution in [2.45, 2.75) is 24.5 Å². The highest BCUT2D eigenvalue weighted by Gasteiger charge is 2.45. The number of nitrogen functional groups attached to an aromatic ring is 1. The van der Waals surface area contributed by atoms with Crippen LogP contribution in [0.2, 0.25) is 0 Å². The topological polar surface area (TPSA) is 170 Å². The van der Waals surface area contributed by atoms with Crippen molar-refractivity contribution >= 4 is 38.7 Å². The van der Waals surface area contributed by atoms with Crippen molar-refractivity contribution in [1.82, 2.24) is 14.5 Å². The molecular weight excluding hydrogens is 374 g/mol. The number of carbonyl (C=O) groups is 1. The average molecular weight is 388 g/mol. The van der Waals surface area contributed by atoms with Crippen LogP contribution in [-0.4, -0.2) is 60.7 Å². The van der Waals surface area contributed by atoms with Crippen LogP contribution in [-0.2, 0) is 4.74 Å². The van der Waals surface area contributed by atoms with E-state index in [9.17, 15) is 20.1 Å². The SMILES string of the molecule is NC(=O)c1c(Br)n(C2O[C@H](CO)[C@@H](O)[C@H]2O)c2ncnc(N)c12. The number of anilines is 1. The van der Waals surface area contributed by atoms with E-state index in [0.29, 0.717) is 0 Å². The quantitative estimate of drug-likeness (QED) is 0.422. The van der Waals surface area contributed by atoms with Crippen LogP contribution < -0.4 is 11.5 Å². The molecule has 0 aliphatic carbocycles. The molecule has 3 heterocycles. The maximum atomic E-state index is 11.8. The van der Waals surface area contributed by atoms with Gasteiger partial charge in [0.2, 0.25) is 0 Å². The Kier molecular flexibility index (Phi) is 3.98. The second kappa shape index (κ2) is 5.69. The Balaban J connectivity index is 2.25. The second-order valence-corrected chi connectivity index (χ2v) is 5.84. The van der Waals surface area contributed by atoms with E-state index >= 15 is 0 Å². The third-order valence-electron chi connectivity index (χ3n) is 3.77. The number of carbonyl (C=O) groups excluding carboxylic acids is 1. The number of rotatable bonds is 3. The van der Waals surface area contributed by atoms with E-state index in [2.05, 4.69) is 25.9 Å². The number of hydrogen-bond donors (Lipinski definition) is 5. The zero-order valence-corrected chi connectivity index (χ0v) is 13.2. The number of ether oxygens (including phenoxy) is 1. The van der Waals surface area contributed by atoms with E-state index in [4.69, 9.17) is 16.2 Å². The summed E-state index contributed by atoms with van der Waals surface area (Å²) in [5, 5.41) is 29.5. The van der Waals surface area contributed by atoms with Gasteiger partial charge in [-0.15, -0.1) is 0 Å². The van der Waals surface area contributed by atoms with Crippen LogP contribution in [0.4, 0.5) is 5.82 Å². The molecule has 11 heteroatoms. The summed E-state index contributed by atoms with van der Waals surface area (Å²) in [4.78, 5) is 19.6. The number of nitrogens with zero attached hydrogens (tertiary/aromatic N) is 3. The number of nitrogens with two attached hydrogens (primary N) is 2. The molecule has 4 atom stereocenters. The van der Waals surface area contributed by atoms with Gasteiger partial charge in [0.15, 0.2) is 6.23 Å². The Labute approximate surface area is 137 Å². The Hall–Kier alpha value is -1.79. The summed E-state index contributed by atoms with van der Waals surface area (Å²) in [6.07, 6.45) is -3.54. The summed E-state index contributed by atoms with van der Waals surface area (Å²) in [6, 6.07) is 0. The van der Waals surface area contributed by atoms with Gasteiger partial charge < -0.3 is 31.5 Å². The summed E-state index contributed by atoms with van der Waals surface area (Å²) >= 11 is 3.23. The molecule has 0 saturated carbocycles. The summed E-state index contributed by atoms with van der Waals surface area (Å²) in [5.41, 5.74) is 11.4. The van der Waals surface area contributed by atoms with Crippen LogP contribution >= 0.6 is 15.9 Å². The first-order chi connectivity index (χ1) is 10.9. The third kappa shape index (κ3) is 2.28. The Morgan fingerprint density at radius 3 is 2.65 bits per heavy atom. The smallest absolute Gasteiger partial charge is 0.252 e. The van der Waals surface area contributed by atoms with E-state index in [1.807, 2.05) is 0 Å². The fraction of sp³-hybridized carbons (Fsp3) is 0.417. The molecule has 1 amide bonds. The highest BCUT2D eigenvalue weighted by molar-refractivity contribution is 9.10. The molecule has 1 unspecified atom stereocenters. The molecule has 7 N–H and O–H groups in total. The standard InChI is InChI=1S/C12H14BrN5O5/c13-8-4(10(15)22)5-9(14)16-2-17-11(5)18(8)12-7(21)6(20)3(1-19)23-12/h2-3,6-7,12,19-21H,1H2,(H2,15,22)(H2,14,16,17)/t3-,6-,7-,12?/m1/s1. The van der Waals surface area contributed by atoms with Gasteiger partial charge in [-0.2, -0.15) is 0 Å². The number of halogens is 1. The number of aliphatic hydroxyl groups is 3. The minimum absolute atomic E-state index is 0.0370. The van der Waals surface area contributed by atoms with E-state index in [0.717, 1.165) is 0 Å². The van der Waals surface area contributed by atoms with Gasteiger partial charge in [-0.1, -0.05) is 0 Å². The highest BCUT2D eigenvalue weighted by Crippen LogP contribution is 2.39. The van der Waals surface area contributed by atoms with Crippen molar-refractivity contribution < 1.29 is 24.9 Å². The van der Waals surface area contributed by atoms with Gasteiger partial charge in [0, 0.05) is 0 Å². The van der Waals surface area contributed by atoms with Gasteiger partial charge in [0.05, 0.1) is 17.6 Å². The van der Waals surface area contributed by atoms with Gasteiger partial charge in [-0.05, 0) is 15.9 Å². The van der Waals surface area contributed by atoms with Crippen molar-refractivity contribution in [3.8, 4) is 0 Å². The zero-order valence-electron chi connectivity index (χ0n) is 11.6. The summed E-state index contributed by atoms with van der Waals surface area (Å²) < 4.78 is 7.00. The first kappa shape index (κ1) is 16.1. The molecule has 0 aromatic carbocycles. The molecule has 2 aromatic heterocycles. The predicted molar refractivity (Wildman–Crippen MR) is 81.2 cm³/mol. The van der Waals surface area contributed by atoms with Crippen molar-refractivity contribution in [2.75, 3.05) is 12.3 Å². The lowest BCUT2D eigenvalue weighted by molar-refractivity contribution is -0.0518. The fourth-order valence-electron chi connectivity index (χ4n) is 2.68. The minimum Gasteiger partial charge on any atom is -0.394 e. The van der Waals surface area contributed by atoms with Crippen LogP contribution in [0.15, 0.2) is 10.9 Å². The van der Waals surface area contributed by atoms with Crippen LogP contribution in [0.1, 0.15) is 16.6 Å². The molecule has 10 nitrogen and oxygen atoms in total. The molecule has 1 fully saturated rings. The van der Waals surface area contributed by atoms with E-state index in [1.165, 1.54) is 10.9 Å². The first-order valence-corrected chi connectivity index (χ1v) is 7.39. The maximum absolute atomic E-state index is 11.8. The van der Waals surface area contributed by atoms with E-state index < -0.39 is 37.1 Å². The molecule has 0 radical (unpaired) electrons. The average Bonchev–Trinajstić information content (AvgIpc) is 2.95. The van der Waals surface area contributed by atoms with Gasteiger partial charge >= 0.3 is 0 Å². The second-order valence-electron chi connectivity index (χ2n) is 5.09. The Morgan fingerprint density at radius 1 is 1.39 bits per heavy atom. The molecule has 1 aliphatic rings. The normalized spacial score (nSPS) is 27.7. The minimum atomic E-state index is -1.35. The molecule has 1 aliphatic heterocycles. The monoisotopic (exact) mass is 387 g/mol. The maximum Gasteiger partial charge on any atom is 0.252 e. The molecule has 3 rings (SSSR count). The Morgan fingerprint density at radius 2 is 2.09 bits per heavy atom. The fourth-order valence-corrected chi connectivity index (χ4v) is 3.44. The van der Waals surface area contributed by atoms with E-state index in [1.54, 1.807) is 0 Å². The molecule has 0 bridgehead atoms. The van der Waals surface area contributed by atoms with Crippen LogP contribution in [0.3, 0.4) is 0 Å². The Bertz CT molecular complexity index is 781. The van der Waals surface area contributed by atoms with Gasteiger partial charge in [-0.25, -0.2) is 9.97 Å². The molecule has 23 heavy (non-hydrogen) atoms. The lowest BCUT2D eigenvalue weighted by Crippen LogP contribution is -2.33. The highest BCUT2D eigenvalue weighted by atomic mass is 79.9. The number of aliphatic hydroxyl groups excluding tert-OH is 3. The molecule has 0 spiro atoms. The molecule has 1 saturated heterocycles. The first-order valence-electron chi connectivity index (χ1n) is 6.60. The summed E-state index contributed by atoms with van der Waals surface area (Å²) in [7, 11) is 0. The molecule has 2 aromatic rings. The van der Waals surface area contributed by atoms with Gasteiger partial charge in [0.1, 0.15) is 40.7 Å². The number of primary amides is 1. The molecular formula is C12H14BrN5O5. The van der Waals surface area contributed by atoms with Crippen molar-refractivity contribution in [2.24, 2.45) is 5.73 Å². The van der Waals surface area contributed by atoms with Crippen LogP contribution in [0.5, 0.6) is 0 Å². The lowest BCUT2D eigenvalue weighted by atomic mass is 10.1. The van der Waals surface area contributed by atoms with E-state index in [-0.39, 0.29) is 27.0 Å².